The number of pyridine rings is 1. The number of aromatic nitrogens is 1. The quantitative estimate of drug-likeness (QED) is 0.768. The average Bonchev–Trinajstić information content (AvgIpc) is 2.28. The van der Waals surface area contributed by atoms with E-state index in [9.17, 15) is 18.0 Å². The van der Waals surface area contributed by atoms with Crippen molar-refractivity contribution in [2.75, 3.05) is 7.11 Å². The van der Waals surface area contributed by atoms with Gasteiger partial charge in [-0.15, -0.1) is 0 Å². The van der Waals surface area contributed by atoms with Crippen LogP contribution >= 0.6 is 0 Å². The van der Waals surface area contributed by atoms with Crippen LogP contribution in [0, 0.1) is 0 Å². The Bertz CT molecular complexity index is 410. The van der Waals surface area contributed by atoms with Gasteiger partial charge in [0.2, 0.25) is 0 Å². The monoisotopic (exact) mass is 245 g/mol. The zero-order valence-electron chi connectivity index (χ0n) is 8.99. The predicted molar refractivity (Wildman–Crippen MR) is 54.9 cm³/mol. The molecule has 0 saturated heterocycles. The Morgan fingerprint density at radius 1 is 1.47 bits per heavy atom. The highest BCUT2D eigenvalue weighted by atomic mass is 19.4. The van der Waals surface area contributed by atoms with E-state index in [4.69, 9.17) is 0 Å². The summed E-state index contributed by atoms with van der Waals surface area (Å²) >= 11 is 0. The molecule has 0 saturated carbocycles. The molecule has 0 fully saturated rings. The summed E-state index contributed by atoms with van der Waals surface area (Å²) < 4.78 is 40.9. The van der Waals surface area contributed by atoms with Crippen LogP contribution in [0.1, 0.15) is 17.7 Å². The van der Waals surface area contributed by atoms with Crippen LogP contribution in [0.2, 0.25) is 0 Å². The fourth-order valence-electron chi connectivity index (χ4n) is 1.05. The van der Waals surface area contributed by atoms with Crippen molar-refractivity contribution in [2.45, 2.75) is 12.6 Å². The zero-order valence-corrected chi connectivity index (χ0v) is 8.99. The first-order valence-electron chi connectivity index (χ1n) is 4.70. The molecule has 0 aliphatic carbocycles. The Hall–Kier alpha value is -1.85. The van der Waals surface area contributed by atoms with Gasteiger partial charge in [0, 0.05) is 6.20 Å². The number of halogens is 3. The third-order valence-electron chi connectivity index (χ3n) is 1.90. The number of carbonyl (C=O) groups is 1. The fraction of sp³-hybridized carbons (Fsp3) is 0.273. The summed E-state index contributed by atoms with van der Waals surface area (Å²) in [5.74, 6) is -0.416. The molecule has 17 heavy (non-hydrogen) atoms. The van der Waals surface area contributed by atoms with Gasteiger partial charge in [0.1, 0.15) is 5.69 Å². The van der Waals surface area contributed by atoms with Gasteiger partial charge in [0.15, 0.2) is 0 Å². The van der Waals surface area contributed by atoms with Crippen LogP contribution in [0.15, 0.2) is 24.4 Å². The maximum atomic E-state index is 12.2. The second kappa shape index (κ2) is 5.47. The lowest BCUT2D eigenvalue weighted by atomic mass is 10.2. The minimum Gasteiger partial charge on any atom is -0.469 e. The number of hydrogen-bond acceptors (Lipinski definition) is 3. The average molecular weight is 245 g/mol. The van der Waals surface area contributed by atoms with Gasteiger partial charge in [-0.2, -0.15) is 13.2 Å². The Morgan fingerprint density at radius 3 is 2.65 bits per heavy atom. The van der Waals surface area contributed by atoms with Crippen molar-refractivity contribution in [3.8, 4) is 0 Å². The maximum Gasteiger partial charge on any atom is 0.433 e. The number of nitrogens with zero attached hydrogens (tertiary/aromatic N) is 1. The molecule has 92 valence electrons. The summed E-state index contributed by atoms with van der Waals surface area (Å²) in [5.41, 5.74) is -0.454. The van der Waals surface area contributed by atoms with Crippen LogP contribution in [0.25, 0.3) is 6.08 Å². The topological polar surface area (TPSA) is 39.2 Å². The van der Waals surface area contributed by atoms with Gasteiger partial charge in [0.25, 0.3) is 0 Å². The van der Waals surface area contributed by atoms with E-state index in [2.05, 4.69) is 9.72 Å². The predicted octanol–water partition coefficient (Wildman–Crippen LogP) is 2.68. The number of carbonyl (C=O) groups excluding carboxylic acids is 1. The molecule has 0 unspecified atom stereocenters. The van der Waals surface area contributed by atoms with Crippen molar-refractivity contribution in [3.05, 3.63) is 35.7 Å². The van der Waals surface area contributed by atoms with Crippen molar-refractivity contribution in [2.24, 2.45) is 0 Å². The number of esters is 1. The second-order valence-corrected chi connectivity index (χ2v) is 3.16. The summed E-state index contributed by atoms with van der Waals surface area (Å²) in [6.07, 6.45) is -0.275. The lowest BCUT2D eigenvalue weighted by molar-refractivity contribution is -0.141. The standard InChI is InChI=1S/C11H10F3NO2/c1-17-10(16)4-2-3-8-5-6-9(15-7-8)11(12,13)14/h2-3,5-7H,4H2,1H3. The lowest BCUT2D eigenvalue weighted by Crippen LogP contribution is -2.07. The maximum absolute atomic E-state index is 12.2. The molecule has 0 amide bonds. The van der Waals surface area contributed by atoms with Crippen LogP contribution in [0.3, 0.4) is 0 Å². The molecule has 0 N–H and O–H groups in total. The fourth-order valence-corrected chi connectivity index (χ4v) is 1.05. The van der Waals surface area contributed by atoms with E-state index in [1.165, 1.54) is 25.3 Å². The molecule has 1 heterocycles. The second-order valence-electron chi connectivity index (χ2n) is 3.16. The highest BCUT2D eigenvalue weighted by Gasteiger charge is 2.31. The number of ether oxygens (including phenoxy) is 1. The lowest BCUT2D eigenvalue weighted by Gasteiger charge is -2.04. The molecule has 0 aliphatic heterocycles. The SMILES string of the molecule is COC(=O)CC=Cc1ccc(C(F)(F)F)nc1. The van der Waals surface area contributed by atoms with Crippen molar-refractivity contribution < 1.29 is 22.7 Å². The van der Waals surface area contributed by atoms with Gasteiger partial charge >= 0.3 is 12.1 Å². The molecule has 0 aliphatic rings. The normalized spacial score (nSPS) is 11.8. The summed E-state index contributed by atoms with van der Waals surface area (Å²) in [6.45, 7) is 0. The van der Waals surface area contributed by atoms with Crippen LogP contribution in [0.4, 0.5) is 13.2 Å². The van der Waals surface area contributed by atoms with Crippen LogP contribution in [-0.4, -0.2) is 18.1 Å². The number of rotatable bonds is 3. The highest BCUT2D eigenvalue weighted by molar-refractivity contribution is 5.72. The molecule has 6 heteroatoms. The number of hydrogen-bond donors (Lipinski definition) is 0. The molecule has 0 bridgehead atoms. The molecule has 0 atom stereocenters. The molecule has 0 spiro atoms. The number of methoxy groups -OCH3 is 1. The first-order valence-corrected chi connectivity index (χ1v) is 4.70. The van der Waals surface area contributed by atoms with Crippen molar-refractivity contribution in [1.82, 2.24) is 4.98 Å². The summed E-state index contributed by atoms with van der Waals surface area (Å²) in [5, 5.41) is 0. The minimum atomic E-state index is -4.44. The summed E-state index contributed by atoms with van der Waals surface area (Å²) in [7, 11) is 1.26. The van der Waals surface area contributed by atoms with Crippen LogP contribution in [0.5, 0.6) is 0 Å². The van der Waals surface area contributed by atoms with E-state index < -0.39 is 17.8 Å². The molecule has 1 rings (SSSR count). The van der Waals surface area contributed by atoms with Gasteiger partial charge < -0.3 is 4.74 Å². The van der Waals surface area contributed by atoms with Gasteiger partial charge in [-0.25, -0.2) is 0 Å². The Kier molecular flexibility index (Phi) is 4.25. The first kappa shape index (κ1) is 13.2. The first-order chi connectivity index (χ1) is 7.93. The van der Waals surface area contributed by atoms with Crippen molar-refractivity contribution >= 4 is 12.0 Å². The molecule has 3 nitrogen and oxygen atoms in total. The Morgan fingerprint density at radius 2 is 2.18 bits per heavy atom. The van der Waals surface area contributed by atoms with Gasteiger partial charge in [-0.1, -0.05) is 18.2 Å². The molecule has 1 aromatic rings. The highest BCUT2D eigenvalue weighted by Crippen LogP contribution is 2.27. The smallest absolute Gasteiger partial charge is 0.433 e. The van der Waals surface area contributed by atoms with Crippen molar-refractivity contribution in [1.29, 1.82) is 0 Å². The zero-order chi connectivity index (χ0) is 12.9. The van der Waals surface area contributed by atoms with Gasteiger partial charge in [-0.3, -0.25) is 9.78 Å². The van der Waals surface area contributed by atoms with E-state index in [1.807, 2.05) is 0 Å². The number of alkyl halides is 3. The molecule has 1 aromatic heterocycles. The minimum absolute atomic E-state index is 0.0670. The summed E-state index contributed by atoms with van der Waals surface area (Å²) in [6, 6.07) is 2.17. The molecular weight excluding hydrogens is 235 g/mol. The van der Waals surface area contributed by atoms with E-state index in [1.54, 1.807) is 0 Å². The third-order valence-corrected chi connectivity index (χ3v) is 1.90. The molecule has 0 aromatic carbocycles. The largest absolute Gasteiger partial charge is 0.469 e. The molecule has 0 radical (unpaired) electrons. The van der Waals surface area contributed by atoms with Crippen molar-refractivity contribution in [3.63, 3.8) is 0 Å². The van der Waals surface area contributed by atoms with E-state index in [0.29, 0.717) is 5.56 Å². The van der Waals surface area contributed by atoms with Crippen LogP contribution < -0.4 is 0 Å². The molecular formula is C11H10F3NO2. The van der Waals surface area contributed by atoms with E-state index in [-0.39, 0.29) is 6.42 Å². The van der Waals surface area contributed by atoms with E-state index >= 15 is 0 Å². The van der Waals surface area contributed by atoms with Gasteiger partial charge in [0.05, 0.1) is 13.5 Å². The van der Waals surface area contributed by atoms with E-state index in [0.717, 1.165) is 12.3 Å². The third kappa shape index (κ3) is 4.26. The van der Waals surface area contributed by atoms with Crippen LogP contribution in [-0.2, 0) is 15.7 Å². The van der Waals surface area contributed by atoms with Gasteiger partial charge in [-0.05, 0) is 11.6 Å². The Balaban J connectivity index is 2.66. The Labute approximate surface area is 95.9 Å². The summed E-state index contributed by atoms with van der Waals surface area (Å²) in [4.78, 5) is 14.0.